The van der Waals surface area contributed by atoms with Crippen LogP contribution in [0.15, 0.2) is 47.6 Å². The fraction of sp³-hybridized carbons (Fsp3) is 0.154. The van der Waals surface area contributed by atoms with Crippen molar-refractivity contribution < 1.29 is 9.12 Å². The summed E-state index contributed by atoms with van der Waals surface area (Å²) < 4.78 is 13.9. The van der Waals surface area contributed by atoms with Crippen LogP contribution in [0.25, 0.3) is 0 Å². The van der Waals surface area contributed by atoms with Crippen LogP contribution in [0.2, 0.25) is 5.02 Å². The predicted molar refractivity (Wildman–Crippen MR) is 71.1 cm³/mol. The van der Waals surface area contributed by atoms with Gasteiger partial charge in [0.05, 0.1) is 5.02 Å². The number of rotatable bonds is 3. The minimum Gasteiger partial charge on any atom is -0.618 e. The standard InChI is InChI=1S/C13H11ClFNOS/c1-9(10-5-6-12(15)11(14)8-10)18-13-4-2-3-7-16(13)17/h2-9H,1H3. The summed E-state index contributed by atoms with van der Waals surface area (Å²) in [4.78, 5) is 0. The fourth-order valence-corrected chi connectivity index (χ4v) is 2.67. The van der Waals surface area contributed by atoms with Crippen molar-refractivity contribution in [3.05, 3.63) is 64.2 Å². The van der Waals surface area contributed by atoms with E-state index in [0.717, 1.165) is 10.3 Å². The first-order chi connectivity index (χ1) is 8.58. The van der Waals surface area contributed by atoms with Gasteiger partial charge in [0.2, 0.25) is 0 Å². The van der Waals surface area contributed by atoms with Crippen LogP contribution in [-0.4, -0.2) is 0 Å². The molecular formula is C13H11ClFNOS. The van der Waals surface area contributed by atoms with Gasteiger partial charge in [-0.2, -0.15) is 4.73 Å². The van der Waals surface area contributed by atoms with Crippen molar-refractivity contribution >= 4 is 23.4 Å². The summed E-state index contributed by atoms with van der Waals surface area (Å²) in [7, 11) is 0. The zero-order valence-electron chi connectivity index (χ0n) is 9.64. The molecule has 0 N–H and O–H groups in total. The Morgan fingerprint density at radius 3 is 2.78 bits per heavy atom. The smallest absolute Gasteiger partial charge is 0.251 e. The molecule has 0 aliphatic rings. The first kappa shape index (κ1) is 13.2. The molecule has 0 saturated carbocycles. The molecule has 0 amide bonds. The summed E-state index contributed by atoms with van der Waals surface area (Å²) in [6.07, 6.45) is 1.45. The van der Waals surface area contributed by atoms with Gasteiger partial charge in [-0.1, -0.05) is 17.7 Å². The number of aromatic nitrogens is 1. The predicted octanol–water partition coefficient (Wildman–Crippen LogP) is 3.97. The van der Waals surface area contributed by atoms with E-state index in [9.17, 15) is 9.60 Å². The molecule has 2 aromatic rings. The van der Waals surface area contributed by atoms with Gasteiger partial charge in [-0.15, -0.1) is 0 Å². The summed E-state index contributed by atoms with van der Waals surface area (Å²) in [6, 6.07) is 9.84. The minimum atomic E-state index is -0.434. The average Bonchev–Trinajstić information content (AvgIpc) is 2.35. The van der Waals surface area contributed by atoms with E-state index in [0.29, 0.717) is 5.03 Å². The molecular weight excluding hydrogens is 273 g/mol. The molecule has 1 atom stereocenters. The highest BCUT2D eigenvalue weighted by molar-refractivity contribution is 7.99. The molecule has 1 heterocycles. The Hall–Kier alpha value is -1.26. The highest BCUT2D eigenvalue weighted by Gasteiger charge is 2.14. The highest BCUT2D eigenvalue weighted by Crippen LogP contribution is 2.34. The van der Waals surface area contributed by atoms with Crippen molar-refractivity contribution in [1.82, 2.24) is 0 Å². The Morgan fingerprint density at radius 1 is 1.33 bits per heavy atom. The quantitative estimate of drug-likeness (QED) is 0.484. The summed E-state index contributed by atoms with van der Waals surface area (Å²) in [5, 5.41) is 12.2. The van der Waals surface area contributed by atoms with Gasteiger partial charge >= 0.3 is 0 Å². The molecule has 0 bridgehead atoms. The van der Waals surface area contributed by atoms with E-state index in [2.05, 4.69) is 0 Å². The van der Waals surface area contributed by atoms with Crippen molar-refractivity contribution in [3.8, 4) is 0 Å². The molecule has 0 aliphatic carbocycles. The van der Waals surface area contributed by atoms with Crippen molar-refractivity contribution in [2.45, 2.75) is 17.2 Å². The van der Waals surface area contributed by atoms with Gasteiger partial charge in [0.15, 0.2) is 6.20 Å². The summed E-state index contributed by atoms with van der Waals surface area (Å²) in [5.74, 6) is -0.434. The molecule has 0 saturated heterocycles. The molecule has 0 fully saturated rings. The Balaban J connectivity index is 2.19. The number of nitrogens with zero attached hydrogens (tertiary/aromatic N) is 1. The first-order valence-electron chi connectivity index (χ1n) is 5.37. The number of pyridine rings is 1. The van der Waals surface area contributed by atoms with Crippen LogP contribution in [0.1, 0.15) is 17.7 Å². The summed E-state index contributed by atoms with van der Waals surface area (Å²) in [6.45, 7) is 1.95. The normalized spacial score (nSPS) is 12.4. The molecule has 1 aromatic carbocycles. The van der Waals surface area contributed by atoms with Crippen molar-refractivity contribution in [1.29, 1.82) is 0 Å². The lowest BCUT2D eigenvalue weighted by Crippen LogP contribution is -2.27. The van der Waals surface area contributed by atoms with Gasteiger partial charge in [-0.3, -0.25) is 0 Å². The lowest BCUT2D eigenvalue weighted by molar-refractivity contribution is -0.645. The number of benzene rings is 1. The van der Waals surface area contributed by atoms with Crippen LogP contribution in [0, 0.1) is 11.0 Å². The zero-order valence-corrected chi connectivity index (χ0v) is 11.2. The molecule has 1 unspecified atom stereocenters. The summed E-state index contributed by atoms with van der Waals surface area (Å²) >= 11 is 7.15. The lowest BCUT2D eigenvalue weighted by Gasteiger charge is -2.11. The lowest BCUT2D eigenvalue weighted by atomic mass is 10.2. The van der Waals surface area contributed by atoms with E-state index < -0.39 is 5.82 Å². The largest absolute Gasteiger partial charge is 0.618 e. The topological polar surface area (TPSA) is 26.9 Å². The van der Waals surface area contributed by atoms with E-state index in [1.54, 1.807) is 30.3 Å². The van der Waals surface area contributed by atoms with E-state index in [1.165, 1.54) is 24.0 Å². The molecule has 0 spiro atoms. The van der Waals surface area contributed by atoms with Crippen LogP contribution in [0.3, 0.4) is 0 Å². The molecule has 1 aromatic heterocycles. The third-order valence-electron chi connectivity index (χ3n) is 2.50. The van der Waals surface area contributed by atoms with E-state index in [1.807, 2.05) is 6.92 Å². The van der Waals surface area contributed by atoms with Gasteiger partial charge < -0.3 is 5.21 Å². The van der Waals surface area contributed by atoms with Gasteiger partial charge in [0, 0.05) is 17.4 Å². The third-order valence-corrected chi connectivity index (χ3v) is 3.97. The molecule has 94 valence electrons. The molecule has 2 rings (SSSR count). The molecule has 0 radical (unpaired) electrons. The maximum Gasteiger partial charge on any atom is 0.251 e. The average molecular weight is 284 g/mol. The first-order valence-corrected chi connectivity index (χ1v) is 6.63. The second-order valence-corrected chi connectivity index (χ2v) is 5.57. The molecule has 2 nitrogen and oxygen atoms in total. The minimum absolute atomic E-state index is 0.0192. The monoisotopic (exact) mass is 283 g/mol. The second kappa shape index (κ2) is 5.59. The van der Waals surface area contributed by atoms with Crippen LogP contribution < -0.4 is 4.73 Å². The Labute approximate surface area is 114 Å². The van der Waals surface area contributed by atoms with E-state index in [4.69, 9.17) is 11.6 Å². The number of thioether (sulfide) groups is 1. The fourth-order valence-electron chi connectivity index (χ4n) is 1.52. The Kier molecular flexibility index (Phi) is 4.09. The molecule has 18 heavy (non-hydrogen) atoms. The van der Waals surface area contributed by atoms with E-state index >= 15 is 0 Å². The van der Waals surface area contributed by atoms with Crippen LogP contribution in [0.5, 0.6) is 0 Å². The number of halogens is 2. The van der Waals surface area contributed by atoms with Gasteiger partial charge in [0.25, 0.3) is 5.03 Å². The van der Waals surface area contributed by atoms with Gasteiger partial charge in [-0.25, -0.2) is 4.39 Å². The van der Waals surface area contributed by atoms with Crippen molar-refractivity contribution in [2.75, 3.05) is 0 Å². The summed E-state index contributed by atoms with van der Waals surface area (Å²) in [5.41, 5.74) is 0.884. The van der Waals surface area contributed by atoms with Crippen LogP contribution >= 0.6 is 23.4 Å². The van der Waals surface area contributed by atoms with Gasteiger partial charge in [0.1, 0.15) is 5.82 Å². The van der Waals surface area contributed by atoms with Crippen molar-refractivity contribution in [3.63, 3.8) is 0 Å². The number of hydrogen-bond donors (Lipinski definition) is 0. The van der Waals surface area contributed by atoms with Gasteiger partial charge in [-0.05, 0) is 42.4 Å². The van der Waals surface area contributed by atoms with E-state index in [-0.39, 0.29) is 10.3 Å². The number of hydrogen-bond acceptors (Lipinski definition) is 2. The maximum absolute atomic E-state index is 13.1. The van der Waals surface area contributed by atoms with Crippen LogP contribution in [-0.2, 0) is 0 Å². The second-order valence-electron chi connectivity index (χ2n) is 3.80. The zero-order chi connectivity index (χ0) is 13.1. The van der Waals surface area contributed by atoms with Crippen molar-refractivity contribution in [2.24, 2.45) is 0 Å². The maximum atomic E-state index is 13.1. The Morgan fingerprint density at radius 2 is 2.11 bits per heavy atom. The Bertz CT molecular complexity index is 564. The van der Waals surface area contributed by atoms with Crippen LogP contribution in [0.4, 0.5) is 4.39 Å². The molecule has 0 aliphatic heterocycles. The highest BCUT2D eigenvalue weighted by atomic mass is 35.5. The SMILES string of the molecule is CC(Sc1cccc[n+]1[O-])c1ccc(F)c(Cl)c1. The third kappa shape index (κ3) is 2.94. The molecule has 5 heteroatoms.